The van der Waals surface area contributed by atoms with E-state index in [0.717, 1.165) is 19.5 Å². The highest BCUT2D eigenvalue weighted by atomic mass is 35.5. The fourth-order valence-electron chi connectivity index (χ4n) is 2.53. The number of amides is 1. The van der Waals surface area contributed by atoms with Crippen LogP contribution in [-0.2, 0) is 4.79 Å². The van der Waals surface area contributed by atoms with Gasteiger partial charge in [-0.05, 0) is 32.6 Å². The first kappa shape index (κ1) is 11.2. The van der Waals surface area contributed by atoms with Crippen molar-refractivity contribution in [3.8, 4) is 0 Å². The molecule has 0 aromatic carbocycles. The predicted octanol–water partition coefficient (Wildman–Crippen LogP) is 1.20. The molecule has 1 aliphatic heterocycles. The van der Waals surface area contributed by atoms with Crippen LogP contribution in [0.25, 0.3) is 0 Å². The van der Waals surface area contributed by atoms with Crippen LogP contribution in [0.5, 0.6) is 0 Å². The molecule has 1 saturated carbocycles. The van der Waals surface area contributed by atoms with Gasteiger partial charge < -0.3 is 10.6 Å². The van der Waals surface area contributed by atoms with Crippen molar-refractivity contribution in [1.82, 2.24) is 4.90 Å². The van der Waals surface area contributed by atoms with E-state index in [0.29, 0.717) is 11.8 Å². The summed E-state index contributed by atoms with van der Waals surface area (Å²) >= 11 is 5.81. The van der Waals surface area contributed by atoms with E-state index in [-0.39, 0.29) is 11.4 Å². The average molecular weight is 231 g/mol. The van der Waals surface area contributed by atoms with Crippen molar-refractivity contribution in [3.05, 3.63) is 0 Å². The summed E-state index contributed by atoms with van der Waals surface area (Å²) in [7, 11) is 0. The van der Waals surface area contributed by atoms with Gasteiger partial charge in [0.1, 0.15) is 0 Å². The summed E-state index contributed by atoms with van der Waals surface area (Å²) < 4.78 is 0. The van der Waals surface area contributed by atoms with E-state index in [4.69, 9.17) is 17.3 Å². The minimum Gasteiger partial charge on any atom is -0.340 e. The second-order valence-electron chi connectivity index (χ2n) is 5.67. The summed E-state index contributed by atoms with van der Waals surface area (Å²) in [6, 6.07) is 0. The molecular weight excluding hydrogens is 212 g/mol. The molecule has 2 fully saturated rings. The normalized spacial score (nSPS) is 34.9. The number of likely N-dealkylation sites (tertiary alicyclic amines) is 1. The van der Waals surface area contributed by atoms with E-state index < -0.39 is 5.41 Å². The van der Waals surface area contributed by atoms with Gasteiger partial charge in [0.2, 0.25) is 5.91 Å². The van der Waals surface area contributed by atoms with Crippen LogP contribution in [0.15, 0.2) is 0 Å². The molecular formula is C11H19ClN2O. The number of nitrogens with zero attached hydrogens (tertiary/aromatic N) is 1. The van der Waals surface area contributed by atoms with Crippen LogP contribution in [0.3, 0.4) is 0 Å². The second kappa shape index (κ2) is 3.36. The van der Waals surface area contributed by atoms with Crippen molar-refractivity contribution in [1.29, 1.82) is 0 Å². The number of nitrogens with two attached hydrogens (primary N) is 1. The average Bonchev–Trinajstić information content (AvgIpc) is 2.41. The highest BCUT2D eigenvalue weighted by Crippen LogP contribution is 2.43. The summed E-state index contributed by atoms with van der Waals surface area (Å²) in [5, 5.41) is 0. The van der Waals surface area contributed by atoms with Gasteiger partial charge in [0.25, 0.3) is 0 Å². The zero-order valence-corrected chi connectivity index (χ0v) is 10.2. The molecule has 4 heteroatoms. The number of hydrogen-bond acceptors (Lipinski definition) is 2. The Balaban J connectivity index is 2.05. The van der Waals surface area contributed by atoms with Crippen molar-refractivity contribution in [2.45, 2.75) is 32.2 Å². The Morgan fingerprint density at radius 1 is 1.67 bits per heavy atom. The Labute approximate surface area is 95.9 Å². The molecule has 1 amide bonds. The first-order chi connectivity index (χ1) is 6.89. The lowest BCUT2D eigenvalue weighted by molar-refractivity contribution is -0.138. The van der Waals surface area contributed by atoms with Gasteiger partial charge in [-0.2, -0.15) is 0 Å². The molecule has 2 N–H and O–H groups in total. The van der Waals surface area contributed by atoms with Crippen molar-refractivity contribution in [2.75, 3.05) is 19.0 Å². The van der Waals surface area contributed by atoms with Crippen LogP contribution in [0.1, 0.15) is 26.7 Å². The van der Waals surface area contributed by atoms with Crippen LogP contribution in [0.4, 0.5) is 0 Å². The van der Waals surface area contributed by atoms with E-state index in [1.807, 2.05) is 18.7 Å². The maximum Gasteiger partial charge on any atom is 0.229 e. The third-order valence-electron chi connectivity index (χ3n) is 3.90. The molecule has 15 heavy (non-hydrogen) atoms. The van der Waals surface area contributed by atoms with Crippen LogP contribution in [-0.4, -0.2) is 35.3 Å². The zero-order chi connectivity index (χ0) is 11.3. The number of alkyl halides is 1. The van der Waals surface area contributed by atoms with Gasteiger partial charge in [-0.25, -0.2) is 0 Å². The Hall–Kier alpha value is -0.280. The number of fused-ring (bicyclic) bond motifs is 1. The van der Waals surface area contributed by atoms with Crippen LogP contribution in [0.2, 0.25) is 0 Å². The third-order valence-corrected chi connectivity index (χ3v) is 4.57. The molecule has 0 bridgehead atoms. The standard InChI is InChI=1S/C11H19ClN2O/c1-10(2,6-12)9(15)14-5-8-3-4-11(8,13)7-14/h8H,3-7,13H2,1-2H3. The number of carbonyl (C=O) groups excluding carboxylic acids is 1. The van der Waals surface area contributed by atoms with E-state index in [9.17, 15) is 4.79 Å². The summed E-state index contributed by atoms with van der Waals surface area (Å²) in [4.78, 5) is 14.0. The van der Waals surface area contributed by atoms with Crippen LogP contribution >= 0.6 is 11.6 Å². The summed E-state index contributed by atoms with van der Waals surface area (Å²) in [6.07, 6.45) is 2.23. The molecule has 2 atom stereocenters. The maximum atomic E-state index is 12.1. The molecule has 86 valence electrons. The molecule has 0 spiro atoms. The summed E-state index contributed by atoms with van der Waals surface area (Å²) in [5.74, 6) is 1.04. The first-order valence-electron chi connectivity index (χ1n) is 5.53. The van der Waals surface area contributed by atoms with Gasteiger partial charge >= 0.3 is 0 Å². The van der Waals surface area contributed by atoms with Crippen molar-refractivity contribution in [2.24, 2.45) is 17.1 Å². The number of halogens is 1. The van der Waals surface area contributed by atoms with Crippen molar-refractivity contribution in [3.63, 3.8) is 0 Å². The molecule has 2 unspecified atom stereocenters. The van der Waals surface area contributed by atoms with Gasteiger partial charge in [-0.3, -0.25) is 4.79 Å². The van der Waals surface area contributed by atoms with Gasteiger partial charge in [0.05, 0.1) is 5.41 Å². The zero-order valence-electron chi connectivity index (χ0n) is 9.42. The second-order valence-corrected chi connectivity index (χ2v) is 5.94. The predicted molar refractivity (Wildman–Crippen MR) is 60.7 cm³/mol. The highest BCUT2D eigenvalue weighted by Gasteiger charge is 2.52. The molecule has 2 aliphatic rings. The third kappa shape index (κ3) is 1.66. The van der Waals surface area contributed by atoms with Gasteiger partial charge in [0, 0.05) is 24.5 Å². The topological polar surface area (TPSA) is 46.3 Å². The lowest BCUT2D eigenvalue weighted by atomic mass is 9.70. The van der Waals surface area contributed by atoms with E-state index in [1.54, 1.807) is 0 Å². The monoisotopic (exact) mass is 230 g/mol. The fraction of sp³-hybridized carbons (Fsp3) is 0.909. The molecule has 0 radical (unpaired) electrons. The Bertz CT molecular complexity index is 292. The molecule has 1 aliphatic carbocycles. The number of rotatable bonds is 2. The van der Waals surface area contributed by atoms with Gasteiger partial charge in [-0.15, -0.1) is 11.6 Å². The summed E-state index contributed by atoms with van der Waals surface area (Å²) in [5.41, 5.74) is 5.65. The lowest BCUT2D eigenvalue weighted by Crippen LogP contribution is -2.55. The lowest BCUT2D eigenvalue weighted by Gasteiger charge is -2.40. The van der Waals surface area contributed by atoms with Crippen LogP contribution in [0, 0.1) is 11.3 Å². The van der Waals surface area contributed by atoms with Gasteiger partial charge in [0.15, 0.2) is 0 Å². The largest absolute Gasteiger partial charge is 0.340 e. The molecule has 0 aromatic heterocycles. The van der Waals surface area contributed by atoms with Gasteiger partial charge in [-0.1, -0.05) is 0 Å². The minimum atomic E-state index is -0.457. The van der Waals surface area contributed by atoms with Crippen molar-refractivity contribution >= 4 is 17.5 Å². The van der Waals surface area contributed by atoms with E-state index in [2.05, 4.69) is 0 Å². The molecule has 1 heterocycles. The molecule has 1 saturated heterocycles. The minimum absolute atomic E-state index is 0.0853. The molecule has 2 rings (SSSR count). The highest BCUT2D eigenvalue weighted by molar-refractivity contribution is 6.19. The molecule has 3 nitrogen and oxygen atoms in total. The van der Waals surface area contributed by atoms with Crippen LogP contribution < -0.4 is 5.73 Å². The molecule has 0 aromatic rings. The fourth-order valence-corrected chi connectivity index (χ4v) is 2.64. The number of hydrogen-bond donors (Lipinski definition) is 1. The first-order valence-corrected chi connectivity index (χ1v) is 6.07. The summed E-state index contributed by atoms with van der Waals surface area (Å²) in [6.45, 7) is 5.34. The Kier molecular flexibility index (Phi) is 2.51. The van der Waals surface area contributed by atoms with E-state index >= 15 is 0 Å². The SMILES string of the molecule is CC(C)(CCl)C(=O)N1CC2CCC2(N)C1. The Morgan fingerprint density at radius 2 is 2.33 bits per heavy atom. The Morgan fingerprint density at radius 3 is 2.67 bits per heavy atom. The maximum absolute atomic E-state index is 12.1. The number of carbonyl (C=O) groups is 1. The van der Waals surface area contributed by atoms with E-state index in [1.165, 1.54) is 6.42 Å². The van der Waals surface area contributed by atoms with Crippen molar-refractivity contribution < 1.29 is 4.79 Å². The quantitative estimate of drug-likeness (QED) is 0.725. The smallest absolute Gasteiger partial charge is 0.229 e.